The number of imide groups is 1. The number of hydrogen-bond donors (Lipinski definition) is 0. The summed E-state index contributed by atoms with van der Waals surface area (Å²) in [5.74, 6) is 0.157. The van der Waals surface area contributed by atoms with Crippen molar-refractivity contribution in [3.8, 4) is 0 Å². The van der Waals surface area contributed by atoms with Crippen LogP contribution in [0.1, 0.15) is 40.2 Å². The molecule has 3 aromatic rings. The number of rotatable bonds is 3. The minimum absolute atomic E-state index is 0.252. The number of amides is 3. The number of benzene rings is 3. The number of anilines is 1. The molecule has 4 nitrogen and oxygen atoms in total. The lowest BCUT2D eigenvalue weighted by molar-refractivity contribution is 0.0982. The van der Waals surface area contributed by atoms with Gasteiger partial charge in [0.1, 0.15) is 0 Å². The maximum Gasteiger partial charge on any atom is 0.331 e. The van der Waals surface area contributed by atoms with Crippen LogP contribution in [0.3, 0.4) is 0 Å². The molecule has 1 heterocycles. The van der Waals surface area contributed by atoms with Gasteiger partial charge in [-0.1, -0.05) is 66.2 Å². The molecule has 0 aliphatic carbocycles. The number of likely N-dealkylation sites (tertiary alicyclic amines) is 1. The molecule has 0 bridgehead atoms. The number of carbonyl (C=O) groups excluding carboxylic acids is 2. The van der Waals surface area contributed by atoms with E-state index in [-0.39, 0.29) is 11.9 Å². The van der Waals surface area contributed by atoms with Gasteiger partial charge in [-0.25, -0.2) is 9.69 Å². The minimum atomic E-state index is -0.295. The van der Waals surface area contributed by atoms with Gasteiger partial charge in [-0.15, -0.1) is 0 Å². The first-order valence-corrected chi connectivity index (χ1v) is 10.4. The SMILES string of the molecule is Cc1ccc(C(=O)N(C(=O)N2CCC(c3ccccc3)CC2)c2ccccc2)cc1. The van der Waals surface area contributed by atoms with Crippen molar-refractivity contribution in [3.63, 3.8) is 0 Å². The average molecular weight is 399 g/mol. The Morgan fingerprint density at radius 3 is 1.97 bits per heavy atom. The first kappa shape index (κ1) is 19.9. The molecule has 1 aliphatic heterocycles. The zero-order valence-corrected chi connectivity index (χ0v) is 17.2. The Balaban J connectivity index is 1.55. The number of para-hydroxylation sites is 1. The number of urea groups is 1. The average Bonchev–Trinajstić information content (AvgIpc) is 2.81. The van der Waals surface area contributed by atoms with Crippen molar-refractivity contribution in [1.29, 1.82) is 0 Å². The zero-order valence-electron chi connectivity index (χ0n) is 17.2. The summed E-state index contributed by atoms with van der Waals surface area (Å²) in [7, 11) is 0. The maximum absolute atomic E-state index is 13.5. The lowest BCUT2D eigenvalue weighted by atomic mass is 9.89. The Bertz CT molecular complexity index is 992. The molecule has 3 aromatic carbocycles. The second kappa shape index (κ2) is 8.95. The number of aryl methyl sites for hydroxylation is 1. The normalized spacial score (nSPS) is 14.4. The van der Waals surface area contributed by atoms with E-state index in [0.717, 1.165) is 18.4 Å². The highest BCUT2D eigenvalue weighted by molar-refractivity contribution is 6.20. The highest BCUT2D eigenvalue weighted by Gasteiger charge is 2.31. The molecule has 0 saturated carbocycles. The Kier molecular flexibility index (Phi) is 5.94. The largest absolute Gasteiger partial charge is 0.331 e. The van der Waals surface area contributed by atoms with Crippen LogP contribution in [0, 0.1) is 6.92 Å². The van der Waals surface area contributed by atoms with Crippen LogP contribution in [0.15, 0.2) is 84.9 Å². The van der Waals surface area contributed by atoms with Crippen LogP contribution in [-0.4, -0.2) is 29.9 Å². The summed E-state index contributed by atoms with van der Waals surface area (Å²) in [5, 5.41) is 0. The van der Waals surface area contributed by atoms with E-state index in [1.807, 2.05) is 43.3 Å². The summed E-state index contributed by atoms with van der Waals surface area (Å²) < 4.78 is 0. The summed E-state index contributed by atoms with van der Waals surface area (Å²) in [5.41, 5.74) is 3.50. The molecule has 152 valence electrons. The topological polar surface area (TPSA) is 40.6 Å². The molecular weight excluding hydrogens is 372 g/mol. The second-order valence-corrected chi connectivity index (χ2v) is 7.80. The van der Waals surface area contributed by atoms with Gasteiger partial charge >= 0.3 is 6.03 Å². The predicted molar refractivity (Wildman–Crippen MR) is 120 cm³/mol. The number of nitrogens with zero attached hydrogens (tertiary/aromatic N) is 2. The zero-order chi connectivity index (χ0) is 20.9. The van der Waals surface area contributed by atoms with E-state index < -0.39 is 0 Å². The van der Waals surface area contributed by atoms with Gasteiger partial charge in [0.2, 0.25) is 0 Å². The van der Waals surface area contributed by atoms with E-state index in [4.69, 9.17) is 0 Å². The molecule has 0 aromatic heterocycles. The van der Waals surface area contributed by atoms with Crippen LogP contribution in [0.4, 0.5) is 10.5 Å². The van der Waals surface area contributed by atoms with Gasteiger partial charge < -0.3 is 4.90 Å². The van der Waals surface area contributed by atoms with Crippen LogP contribution in [0.5, 0.6) is 0 Å². The molecule has 30 heavy (non-hydrogen) atoms. The van der Waals surface area contributed by atoms with E-state index in [0.29, 0.717) is 30.3 Å². The van der Waals surface area contributed by atoms with Crippen LogP contribution < -0.4 is 4.90 Å². The van der Waals surface area contributed by atoms with Crippen molar-refractivity contribution in [2.45, 2.75) is 25.7 Å². The maximum atomic E-state index is 13.5. The van der Waals surface area contributed by atoms with Gasteiger partial charge in [-0.05, 0) is 55.5 Å². The molecular formula is C26H26N2O2. The van der Waals surface area contributed by atoms with E-state index in [1.54, 1.807) is 29.2 Å². The molecule has 0 unspecified atom stereocenters. The van der Waals surface area contributed by atoms with Crippen molar-refractivity contribution in [1.82, 2.24) is 4.90 Å². The van der Waals surface area contributed by atoms with Crippen LogP contribution in [0.2, 0.25) is 0 Å². The van der Waals surface area contributed by atoms with Gasteiger partial charge in [-0.2, -0.15) is 0 Å². The molecule has 0 N–H and O–H groups in total. The highest BCUT2D eigenvalue weighted by Crippen LogP contribution is 2.29. The summed E-state index contributed by atoms with van der Waals surface area (Å²) >= 11 is 0. The summed E-state index contributed by atoms with van der Waals surface area (Å²) in [6, 6.07) is 26.7. The van der Waals surface area contributed by atoms with Gasteiger partial charge in [0, 0.05) is 18.7 Å². The smallest absolute Gasteiger partial charge is 0.324 e. The van der Waals surface area contributed by atoms with E-state index >= 15 is 0 Å². The summed E-state index contributed by atoms with van der Waals surface area (Å²) in [4.78, 5) is 29.9. The fourth-order valence-corrected chi connectivity index (χ4v) is 3.99. The van der Waals surface area contributed by atoms with Crippen LogP contribution >= 0.6 is 0 Å². The van der Waals surface area contributed by atoms with Crippen molar-refractivity contribution in [3.05, 3.63) is 102 Å². The monoisotopic (exact) mass is 398 g/mol. The fraction of sp³-hybridized carbons (Fsp3) is 0.231. The van der Waals surface area contributed by atoms with Crippen molar-refractivity contribution in [2.75, 3.05) is 18.0 Å². The predicted octanol–water partition coefficient (Wildman–Crippen LogP) is 5.64. The Morgan fingerprint density at radius 1 is 0.800 bits per heavy atom. The third kappa shape index (κ3) is 4.28. The minimum Gasteiger partial charge on any atom is -0.324 e. The highest BCUT2D eigenvalue weighted by atomic mass is 16.2. The molecule has 1 saturated heterocycles. The Hall–Kier alpha value is -3.40. The Morgan fingerprint density at radius 2 is 1.37 bits per heavy atom. The number of piperidine rings is 1. The van der Waals surface area contributed by atoms with E-state index in [9.17, 15) is 9.59 Å². The van der Waals surface area contributed by atoms with Crippen LogP contribution in [-0.2, 0) is 0 Å². The van der Waals surface area contributed by atoms with Crippen LogP contribution in [0.25, 0.3) is 0 Å². The number of hydrogen-bond acceptors (Lipinski definition) is 2. The fourth-order valence-electron chi connectivity index (χ4n) is 3.99. The molecule has 1 aliphatic rings. The molecule has 0 radical (unpaired) electrons. The second-order valence-electron chi connectivity index (χ2n) is 7.80. The molecule has 0 atom stereocenters. The molecule has 0 spiro atoms. The Labute approximate surface area is 177 Å². The van der Waals surface area contributed by atoms with E-state index in [2.05, 4.69) is 24.3 Å². The first-order chi connectivity index (χ1) is 14.6. The van der Waals surface area contributed by atoms with Gasteiger partial charge in [0.25, 0.3) is 5.91 Å². The molecule has 3 amide bonds. The van der Waals surface area contributed by atoms with Gasteiger partial charge in [-0.3, -0.25) is 4.79 Å². The molecule has 1 fully saturated rings. The quantitative estimate of drug-likeness (QED) is 0.573. The van der Waals surface area contributed by atoms with Crippen molar-refractivity contribution < 1.29 is 9.59 Å². The van der Waals surface area contributed by atoms with Crippen molar-refractivity contribution in [2.24, 2.45) is 0 Å². The molecule has 4 heteroatoms. The lowest BCUT2D eigenvalue weighted by Crippen LogP contribution is -2.49. The molecule has 4 rings (SSSR count). The summed E-state index contributed by atoms with van der Waals surface area (Å²) in [6.45, 7) is 3.26. The third-order valence-electron chi connectivity index (χ3n) is 5.74. The van der Waals surface area contributed by atoms with Gasteiger partial charge in [0.05, 0.1) is 5.69 Å². The van der Waals surface area contributed by atoms with Gasteiger partial charge in [0.15, 0.2) is 0 Å². The van der Waals surface area contributed by atoms with E-state index in [1.165, 1.54) is 10.5 Å². The van der Waals surface area contributed by atoms with Crippen molar-refractivity contribution >= 4 is 17.6 Å². The number of carbonyl (C=O) groups is 2. The summed E-state index contributed by atoms with van der Waals surface area (Å²) in [6.07, 6.45) is 1.80. The first-order valence-electron chi connectivity index (χ1n) is 10.4. The lowest BCUT2D eigenvalue weighted by Gasteiger charge is -2.35. The standard InChI is InChI=1S/C26H26N2O2/c1-20-12-14-23(15-13-20)25(29)28(24-10-6-3-7-11-24)26(30)27-18-16-22(17-19-27)21-8-4-2-5-9-21/h2-15,22H,16-19H2,1H3. The third-order valence-corrected chi connectivity index (χ3v) is 5.74.